The predicted octanol–water partition coefficient (Wildman–Crippen LogP) is 4.12. The van der Waals surface area contributed by atoms with E-state index in [4.69, 9.17) is 11.6 Å². The third-order valence-electron chi connectivity index (χ3n) is 3.78. The van der Waals surface area contributed by atoms with Crippen LogP contribution in [-0.2, 0) is 14.8 Å². The number of Topliss-reactive ketones (excluding diaryl/α,β-unsaturated/α-hetero) is 1. The van der Waals surface area contributed by atoms with Crippen LogP contribution in [0.1, 0.15) is 17.3 Å². The Balaban J connectivity index is 2.14. The van der Waals surface area contributed by atoms with E-state index in [-0.39, 0.29) is 38.0 Å². The third kappa shape index (κ3) is 5.99. The Labute approximate surface area is 176 Å². The number of ketones is 1. The number of benzene rings is 2. The molecule has 29 heavy (non-hydrogen) atoms. The van der Waals surface area contributed by atoms with Crippen LogP contribution in [0.15, 0.2) is 52.3 Å². The molecule has 1 N–H and O–H groups in total. The molecule has 11 heteroatoms. The van der Waals surface area contributed by atoms with Gasteiger partial charge in [0.05, 0.1) is 27.0 Å². The largest absolute Gasteiger partial charge is 0.324 e. The molecule has 2 aromatic carbocycles. The Kier molecular flexibility index (Phi) is 7.75. The summed E-state index contributed by atoms with van der Waals surface area (Å²) < 4.78 is 51.5. The second kappa shape index (κ2) is 9.66. The number of anilines is 1. The van der Waals surface area contributed by atoms with Crippen molar-refractivity contribution in [3.8, 4) is 0 Å². The molecule has 0 aromatic heterocycles. The van der Waals surface area contributed by atoms with E-state index in [9.17, 15) is 26.8 Å². The molecule has 0 aliphatic rings. The van der Waals surface area contributed by atoms with Crippen molar-refractivity contribution >= 4 is 50.8 Å². The highest BCUT2D eigenvalue weighted by Gasteiger charge is 2.24. The summed E-state index contributed by atoms with van der Waals surface area (Å²) in [6.07, 6.45) is 0. The molecule has 0 radical (unpaired) electrons. The van der Waals surface area contributed by atoms with Crippen LogP contribution < -0.4 is 5.32 Å². The average Bonchev–Trinajstić information content (AvgIpc) is 2.64. The number of hydrogen-bond donors (Lipinski definition) is 1. The molecule has 1 amide bonds. The number of carbonyl (C=O) groups is 2. The number of hydrogen-bond acceptors (Lipinski definition) is 5. The van der Waals surface area contributed by atoms with Gasteiger partial charge >= 0.3 is 0 Å². The van der Waals surface area contributed by atoms with Crippen LogP contribution >= 0.6 is 23.4 Å². The van der Waals surface area contributed by atoms with Crippen molar-refractivity contribution in [1.29, 1.82) is 0 Å². The lowest BCUT2D eigenvalue weighted by molar-refractivity contribution is -0.116. The molecule has 2 rings (SSSR count). The van der Waals surface area contributed by atoms with Crippen LogP contribution in [0.4, 0.5) is 14.5 Å². The molecule has 6 nitrogen and oxygen atoms in total. The molecule has 2 aromatic rings. The number of sulfonamides is 1. The first-order valence-electron chi connectivity index (χ1n) is 8.13. The fraction of sp³-hybridized carbons (Fsp3) is 0.222. The Morgan fingerprint density at radius 1 is 1.17 bits per heavy atom. The van der Waals surface area contributed by atoms with Crippen molar-refractivity contribution in [1.82, 2.24) is 4.31 Å². The Morgan fingerprint density at radius 3 is 2.34 bits per heavy atom. The summed E-state index contributed by atoms with van der Waals surface area (Å²) in [4.78, 5) is 23.5. The van der Waals surface area contributed by atoms with E-state index in [1.165, 1.54) is 56.4 Å². The van der Waals surface area contributed by atoms with Gasteiger partial charge in [0.25, 0.3) is 5.76 Å². The highest BCUT2D eigenvalue weighted by Crippen LogP contribution is 2.37. The van der Waals surface area contributed by atoms with Crippen LogP contribution in [-0.4, -0.2) is 43.8 Å². The SMILES string of the molecule is CC(=O)c1ccc(S(=O)(=O)N(C)CC(=O)Nc2cccc(Cl)c2SC(F)F)cc1. The quantitative estimate of drug-likeness (QED) is 0.471. The maximum atomic E-state index is 12.7. The molecule has 0 saturated carbocycles. The summed E-state index contributed by atoms with van der Waals surface area (Å²) in [7, 11) is -2.79. The monoisotopic (exact) mass is 462 g/mol. The summed E-state index contributed by atoms with van der Waals surface area (Å²) in [5.41, 5.74) is 0.416. The van der Waals surface area contributed by atoms with Crippen LogP contribution in [0.3, 0.4) is 0 Å². The highest BCUT2D eigenvalue weighted by atomic mass is 35.5. The van der Waals surface area contributed by atoms with E-state index < -0.39 is 28.2 Å². The van der Waals surface area contributed by atoms with Crippen LogP contribution in [0.5, 0.6) is 0 Å². The number of thioether (sulfide) groups is 1. The molecule has 0 saturated heterocycles. The van der Waals surface area contributed by atoms with E-state index in [0.717, 1.165) is 4.31 Å². The zero-order valence-corrected chi connectivity index (χ0v) is 17.7. The normalized spacial score (nSPS) is 11.7. The molecular weight excluding hydrogens is 446 g/mol. The minimum atomic E-state index is -4.00. The van der Waals surface area contributed by atoms with Gasteiger partial charge in [-0.15, -0.1) is 0 Å². The van der Waals surface area contributed by atoms with E-state index >= 15 is 0 Å². The second-order valence-corrected chi connectivity index (χ2v) is 9.34. The van der Waals surface area contributed by atoms with Crippen molar-refractivity contribution in [3.05, 3.63) is 53.1 Å². The number of rotatable bonds is 8. The average molecular weight is 463 g/mol. The molecule has 0 aliphatic heterocycles. The van der Waals surface area contributed by atoms with Crippen molar-refractivity contribution in [2.45, 2.75) is 22.5 Å². The van der Waals surface area contributed by atoms with Crippen molar-refractivity contribution in [3.63, 3.8) is 0 Å². The maximum Gasteiger partial charge on any atom is 0.289 e. The lowest BCUT2D eigenvalue weighted by Gasteiger charge is -2.18. The molecule has 156 valence electrons. The Bertz CT molecular complexity index is 1020. The van der Waals surface area contributed by atoms with Gasteiger partial charge in [-0.1, -0.05) is 41.6 Å². The number of amides is 1. The predicted molar refractivity (Wildman–Crippen MR) is 108 cm³/mol. The summed E-state index contributed by atoms with van der Waals surface area (Å²) in [5.74, 6) is -3.68. The minimum Gasteiger partial charge on any atom is -0.324 e. The standard InChI is InChI=1S/C18H17ClF2N2O4S2/c1-11(24)12-6-8-13(9-7-12)29(26,27)23(2)10-16(25)22-15-5-3-4-14(19)17(15)28-18(20)21/h3-9,18H,10H2,1-2H3,(H,22,25). The Hall–Kier alpha value is -2.01. The lowest BCUT2D eigenvalue weighted by Crippen LogP contribution is -2.35. The van der Waals surface area contributed by atoms with Gasteiger partial charge in [0.1, 0.15) is 0 Å². The first-order chi connectivity index (χ1) is 13.5. The molecule has 0 aliphatic carbocycles. The molecule has 0 bridgehead atoms. The molecule has 0 unspecified atom stereocenters. The van der Waals surface area contributed by atoms with Crippen molar-refractivity contribution in [2.24, 2.45) is 0 Å². The van der Waals surface area contributed by atoms with Crippen LogP contribution in [0.25, 0.3) is 0 Å². The van der Waals surface area contributed by atoms with Gasteiger partial charge in [0.2, 0.25) is 15.9 Å². The third-order valence-corrected chi connectivity index (χ3v) is 6.88. The molecule has 0 spiro atoms. The van der Waals surface area contributed by atoms with Gasteiger partial charge in [-0.05, 0) is 31.2 Å². The minimum absolute atomic E-state index is 0.0113. The zero-order valence-electron chi connectivity index (χ0n) is 15.4. The van der Waals surface area contributed by atoms with Gasteiger partial charge in [-0.25, -0.2) is 8.42 Å². The first-order valence-corrected chi connectivity index (χ1v) is 10.8. The number of nitrogens with zero attached hydrogens (tertiary/aromatic N) is 1. The van der Waals surface area contributed by atoms with Gasteiger partial charge in [-0.2, -0.15) is 13.1 Å². The maximum absolute atomic E-state index is 12.7. The lowest BCUT2D eigenvalue weighted by atomic mass is 10.2. The van der Waals surface area contributed by atoms with Gasteiger partial charge in [-0.3, -0.25) is 9.59 Å². The van der Waals surface area contributed by atoms with Gasteiger partial charge < -0.3 is 5.32 Å². The molecule has 0 heterocycles. The summed E-state index contributed by atoms with van der Waals surface area (Å²) in [6.45, 7) is 0.804. The molecular formula is C18H17ClF2N2O4S2. The number of alkyl halides is 2. The number of likely N-dealkylation sites (N-methyl/N-ethyl adjacent to an activating group) is 1. The van der Waals surface area contributed by atoms with E-state index in [1.807, 2.05) is 0 Å². The fourth-order valence-corrected chi connectivity index (χ4v) is 4.37. The van der Waals surface area contributed by atoms with Crippen LogP contribution in [0, 0.1) is 0 Å². The van der Waals surface area contributed by atoms with E-state index in [0.29, 0.717) is 5.56 Å². The number of halogens is 3. The fourth-order valence-electron chi connectivity index (χ4n) is 2.33. The topological polar surface area (TPSA) is 83.6 Å². The summed E-state index contributed by atoms with van der Waals surface area (Å²) in [6, 6.07) is 9.58. The highest BCUT2D eigenvalue weighted by molar-refractivity contribution is 7.99. The Morgan fingerprint density at radius 2 is 1.79 bits per heavy atom. The van der Waals surface area contributed by atoms with Crippen LogP contribution in [0.2, 0.25) is 5.02 Å². The summed E-state index contributed by atoms with van der Waals surface area (Å²) >= 11 is 6.09. The number of carbonyl (C=O) groups excluding carboxylic acids is 2. The van der Waals surface area contributed by atoms with Crippen molar-refractivity contribution in [2.75, 3.05) is 18.9 Å². The van der Waals surface area contributed by atoms with E-state index in [2.05, 4.69) is 5.32 Å². The first kappa shape index (κ1) is 23.3. The molecule has 0 atom stereocenters. The number of nitrogens with one attached hydrogen (secondary N) is 1. The smallest absolute Gasteiger partial charge is 0.289 e. The van der Waals surface area contributed by atoms with Gasteiger partial charge in [0, 0.05) is 12.6 Å². The van der Waals surface area contributed by atoms with E-state index in [1.54, 1.807) is 0 Å². The second-order valence-electron chi connectivity index (χ2n) is 5.88. The summed E-state index contributed by atoms with van der Waals surface area (Å²) in [5, 5.41) is 2.45. The van der Waals surface area contributed by atoms with Crippen molar-refractivity contribution < 1.29 is 26.8 Å². The zero-order chi connectivity index (χ0) is 21.8. The molecule has 0 fully saturated rings. The van der Waals surface area contributed by atoms with Gasteiger partial charge in [0.15, 0.2) is 5.78 Å².